The van der Waals surface area contributed by atoms with Gasteiger partial charge in [0.2, 0.25) is 5.78 Å². The maximum Gasteiger partial charge on any atom is 0.255 e. The van der Waals surface area contributed by atoms with Gasteiger partial charge < -0.3 is 36.2 Å². The number of aromatic hydroxyl groups is 1. The normalized spacial score (nSPS) is 23.6. The molecule has 0 spiro atoms. The largest absolute Gasteiger partial charge is 0.508 e. The molecule has 0 radical (unpaired) electrons. The zero-order valence-corrected chi connectivity index (χ0v) is 26.6. The molecular weight excluding hydrogens is 621 g/mol. The second kappa shape index (κ2) is 12.2. The molecule has 12 heteroatoms. The fourth-order valence-electron chi connectivity index (χ4n) is 7.57. The van der Waals surface area contributed by atoms with E-state index in [1.54, 1.807) is 32.3 Å². The Kier molecular flexibility index (Phi) is 8.36. The van der Waals surface area contributed by atoms with Crippen LogP contribution in [0.3, 0.4) is 0 Å². The van der Waals surface area contributed by atoms with E-state index < -0.39 is 58.0 Å². The number of primary amides is 1. The van der Waals surface area contributed by atoms with Crippen LogP contribution in [0.5, 0.6) is 11.5 Å². The van der Waals surface area contributed by atoms with Crippen molar-refractivity contribution in [2.75, 3.05) is 21.2 Å². The summed E-state index contributed by atoms with van der Waals surface area (Å²) in [6.07, 6.45) is 0.103. The van der Waals surface area contributed by atoms with Gasteiger partial charge in [0.15, 0.2) is 11.4 Å². The molecule has 0 saturated heterocycles. The Labute approximate surface area is 275 Å². The molecule has 0 bridgehead atoms. The Bertz CT molecular complexity index is 1940. The average Bonchev–Trinajstić information content (AvgIpc) is 3.02. The van der Waals surface area contributed by atoms with Gasteiger partial charge in [-0.05, 0) is 85.4 Å². The van der Waals surface area contributed by atoms with E-state index in [-0.39, 0.29) is 35.5 Å². The number of ketones is 2. The SMILES string of the molecule is COc1ccc(CNCc2cccc(F)c2)cc1-c1ccc(O)c2c1C[C@@H]1C[C@@H]3C(N(C)C)C(=O)C(C(N)=O)=C(O)[C@@]3(O)C(=O)C1=C2O. The standard InChI is InChI=1S/C36H36FN3O8/c1-40(2)30-24-14-19-13-23-21(22-12-18(7-10-26(22)48-3)16-39-15-17-5-4-6-20(37)11-17)8-9-25(41)28(23)31(42)27(19)33(44)36(24,47)34(45)29(32(30)43)35(38)46/h4-12,19,24,30,39,41-42,45,47H,13-16H2,1-3H3,(H2,38,46)/t19-,24-,30?,36+/m1/s1. The molecule has 250 valence electrons. The van der Waals surface area contributed by atoms with Crippen LogP contribution in [0.25, 0.3) is 16.9 Å². The number of nitrogens with zero attached hydrogens (tertiary/aromatic N) is 1. The van der Waals surface area contributed by atoms with Crippen LogP contribution >= 0.6 is 0 Å². The summed E-state index contributed by atoms with van der Waals surface area (Å²) in [4.78, 5) is 41.2. The van der Waals surface area contributed by atoms with Gasteiger partial charge in [-0.25, -0.2) is 4.39 Å². The molecule has 3 aliphatic carbocycles. The van der Waals surface area contributed by atoms with E-state index >= 15 is 0 Å². The van der Waals surface area contributed by atoms with Crippen LogP contribution in [-0.2, 0) is 33.9 Å². The number of rotatable bonds is 8. The first-order valence-corrected chi connectivity index (χ1v) is 15.4. The summed E-state index contributed by atoms with van der Waals surface area (Å²) in [6.45, 7) is 0.866. The summed E-state index contributed by atoms with van der Waals surface area (Å²) in [5.41, 5.74) is 5.04. The zero-order valence-electron chi connectivity index (χ0n) is 26.6. The monoisotopic (exact) mass is 657 g/mol. The highest BCUT2D eigenvalue weighted by Gasteiger charge is 2.64. The third kappa shape index (κ3) is 5.13. The Morgan fingerprint density at radius 1 is 1.04 bits per heavy atom. The Morgan fingerprint density at radius 3 is 2.40 bits per heavy atom. The van der Waals surface area contributed by atoms with Crippen molar-refractivity contribution in [2.24, 2.45) is 17.6 Å². The third-order valence-electron chi connectivity index (χ3n) is 9.71. The van der Waals surface area contributed by atoms with E-state index in [1.807, 2.05) is 18.2 Å². The number of ether oxygens (including phenoxy) is 1. The first kappa shape index (κ1) is 32.9. The molecule has 3 aliphatic rings. The lowest BCUT2D eigenvalue weighted by Crippen LogP contribution is -2.65. The van der Waals surface area contributed by atoms with Crippen molar-refractivity contribution in [2.45, 2.75) is 37.6 Å². The number of nitrogens with two attached hydrogens (primary N) is 1. The number of amides is 1. The molecule has 0 heterocycles. The number of carbonyl (C=O) groups excluding carboxylic acids is 3. The highest BCUT2D eigenvalue weighted by molar-refractivity contribution is 6.24. The molecule has 1 amide bonds. The van der Waals surface area contributed by atoms with Gasteiger partial charge in [-0.3, -0.25) is 19.3 Å². The van der Waals surface area contributed by atoms with E-state index in [1.165, 1.54) is 30.2 Å². The number of fused-ring (bicyclic) bond motifs is 3. The highest BCUT2D eigenvalue weighted by atomic mass is 19.1. The smallest absolute Gasteiger partial charge is 0.255 e. The minimum absolute atomic E-state index is 0.0134. The van der Waals surface area contributed by atoms with Crippen molar-refractivity contribution < 1.29 is 43.9 Å². The number of aliphatic hydroxyl groups excluding tert-OH is 2. The lowest BCUT2D eigenvalue weighted by atomic mass is 9.57. The lowest BCUT2D eigenvalue weighted by Gasteiger charge is -2.50. The highest BCUT2D eigenvalue weighted by Crippen LogP contribution is 2.54. The fraction of sp³-hybridized carbons (Fsp3) is 0.306. The first-order valence-electron chi connectivity index (χ1n) is 15.4. The number of likely N-dealkylation sites (N-methyl/N-ethyl adjacent to an activating group) is 1. The van der Waals surface area contributed by atoms with Crippen LogP contribution in [0.15, 0.2) is 71.5 Å². The molecule has 11 nitrogen and oxygen atoms in total. The number of hydrogen-bond acceptors (Lipinski definition) is 10. The van der Waals surface area contributed by atoms with Crippen molar-refractivity contribution in [3.63, 3.8) is 0 Å². The summed E-state index contributed by atoms with van der Waals surface area (Å²) in [7, 11) is 4.62. The minimum Gasteiger partial charge on any atom is -0.508 e. The molecule has 0 aliphatic heterocycles. The maximum absolute atomic E-state index is 14.1. The van der Waals surface area contributed by atoms with E-state index in [4.69, 9.17) is 10.5 Å². The number of nitrogens with one attached hydrogen (secondary N) is 1. The number of phenolic OH excluding ortho intramolecular Hbond substituents is 1. The van der Waals surface area contributed by atoms with Crippen molar-refractivity contribution in [1.29, 1.82) is 0 Å². The molecule has 48 heavy (non-hydrogen) atoms. The lowest BCUT2D eigenvalue weighted by molar-refractivity contribution is -0.153. The number of benzene rings is 3. The summed E-state index contributed by atoms with van der Waals surface area (Å²) < 4.78 is 19.3. The van der Waals surface area contributed by atoms with Crippen molar-refractivity contribution in [3.05, 3.63) is 99.6 Å². The molecule has 3 aromatic carbocycles. The van der Waals surface area contributed by atoms with Gasteiger partial charge in [0, 0.05) is 30.1 Å². The van der Waals surface area contributed by atoms with Gasteiger partial charge in [-0.15, -0.1) is 0 Å². The van der Waals surface area contributed by atoms with Gasteiger partial charge in [0.05, 0.1) is 18.7 Å². The number of phenols is 1. The maximum atomic E-state index is 14.1. The van der Waals surface area contributed by atoms with Gasteiger partial charge in [0.25, 0.3) is 5.91 Å². The molecule has 3 aromatic rings. The minimum atomic E-state index is -2.71. The van der Waals surface area contributed by atoms with E-state index in [0.29, 0.717) is 35.5 Å². The molecule has 0 aromatic heterocycles. The number of halogens is 1. The predicted molar refractivity (Wildman–Crippen MR) is 173 cm³/mol. The second-order valence-electron chi connectivity index (χ2n) is 12.7. The van der Waals surface area contributed by atoms with Crippen molar-refractivity contribution in [1.82, 2.24) is 10.2 Å². The van der Waals surface area contributed by atoms with Crippen molar-refractivity contribution in [3.8, 4) is 22.6 Å². The number of Topliss-reactive ketones (excluding diaryl/α,β-unsaturated/α-hetero) is 2. The molecule has 1 saturated carbocycles. The molecule has 1 fully saturated rings. The van der Waals surface area contributed by atoms with E-state index in [0.717, 1.165) is 11.1 Å². The van der Waals surface area contributed by atoms with Crippen LogP contribution in [0.2, 0.25) is 0 Å². The third-order valence-corrected chi connectivity index (χ3v) is 9.71. The molecule has 1 unspecified atom stereocenters. The first-order chi connectivity index (χ1) is 22.8. The van der Waals surface area contributed by atoms with Crippen molar-refractivity contribution >= 4 is 23.2 Å². The quantitative estimate of drug-likeness (QED) is 0.197. The molecule has 7 N–H and O–H groups in total. The fourth-order valence-corrected chi connectivity index (χ4v) is 7.57. The van der Waals surface area contributed by atoms with Gasteiger partial charge in [0.1, 0.15) is 34.4 Å². The van der Waals surface area contributed by atoms with Crippen LogP contribution in [0.4, 0.5) is 4.39 Å². The number of aliphatic hydroxyl groups is 3. The Balaban J connectivity index is 1.43. The topological polar surface area (TPSA) is 183 Å². The Hall–Kier alpha value is -5.04. The number of hydrogen-bond donors (Lipinski definition) is 6. The molecule has 4 atom stereocenters. The summed E-state index contributed by atoms with van der Waals surface area (Å²) in [6, 6.07) is 13.8. The van der Waals surface area contributed by atoms with E-state index in [2.05, 4.69) is 5.32 Å². The molecular formula is C36H36FN3O8. The summed E-state index contributed by atoms with van der Waals surface area (Å²) in [5.74, 6) is -6.91. The molecule has 6 rings (SSSR count). The van der Waals surface area contributed by atoms with Gasteiger partial charge in [-0.2, -0.15) is 0 Å². The second-order valence-corrected chi connectivity index (χ2v) is 12.7. The van der Waals surface area contributed by atoms with Gasteiger partial charge in [-0.1, -0.05) is 24.3 Å². The summed E-state index contributed by atoms with van der Waals surface area (Å²) in [5, 5.41) is 48.9. The van der Waals surface area contributed by atoms with Crippen LogP contribution in [-0.4, -0.2) is 75.6 Å². The van der Waals surface area contributed by atoms with Crippen LogP contribution in [0.1, 0.15) is 28.7 Å². The van der Waals surface area contributed by atoms with E-state index in [9.17, 15) is 39.2 Å². The van der Waals surface area contributed by atoms with Crippen LogP contribution < -0.4 is 15.8 Å². The summed E-state index contributed by atoms with van der Waals surface area (Å²) >= 11 is 0. The average molecular weight is 658 g/mol. The Morgan fingerprint density at radius 2 is 1.75 bits per heavy atom. The number of carbonyl (C=O) groups is 3. The van der Waals surface area contributed by atoms with Crippen LogP contribution in [0, 0.1) is 17.7 Å². The van der Waals surface area contributed by atoms with Gasteiger partial charge >= 0.3 is 0 Å². The predicted octanol–water partition coefficient (Wildman–Crippen LogP) is 3.07. The number of methoxy groups -OCH3 is 1. The zero-order chi connectivity index (χ0) is 34.7.